The van der Waals surface area contributed by atoms with Gasteiger partial charge in [-0.25, -0.2) is 8.78 Å². The van der Waals surface area contributed by atoms with E-state index in [1.165, 1.54) is 18.3 Å². The molecule has 0 radical (unpaired) electrons. The van der Waals surface area contributed by atoms with Crippen molar-refractivity contribution in [2.45, 2.75) is 33.4 Å². The topological polar surface area (TPSA) is 83.8 Å². The van der Waals surface area contributed by atoms with Crippen molar-refractivity contribution in [3.05, 3.63) is 99.5 Å². The number of halogens is 3. The Balaban J connectivity index is 0.00000149. The minimum absolute atomic E-state index is 0.0124. The first-order chi connectivity index (χ1) is 15.9. The van der Waals surface area contributed by atoms with Gasteiger partial charge in [-0.05, 0) is 41.0 Å². The van der Waals surface area contributed by atoms with Crippen molar-refractivity contribution >= 4 is 28.4 Å². The number of carbonyl (C=O) groups is 1. The van der Waals surface area contributed by atoms with Crippen LogP contribution in [-0.2, 0) is 19.5 Å². The molecule has 0 aliphatic carbocycles. The molecule has 172 valence electrons. The average molecular weight is 471 g/mol. The zero-order chi connectivity index (χ0) is 24.0. The molecule has 0 saturated carbocycles. The van der Waals surface area contributed by atoms with Crippen LogP contribution >= 0.6 is 11.6 Å². The van der Waals surface area contributed by atoms with E-state index in [0.29, 0.717) is 43.7 Å². The SMILES string of the molecule is CC.NCc1ccc(Cc2cncc(C(=O)NCc3cc4c(Cl)c[nH]c4cc3F)c2)c(F)c1. The zero-order valence-corrected chi connectivity index (χ0v) is 19.1. The number of aromatic nitrogens is 2. The monoisotopic (exact) mass is 470 g/mol. The Morgan fingerprint density at radius 1 is 1.06 bits per heavy atom. The zero-order valence-electron chi connectivity index (χ0n) is 18.4. The third-order valence-corrected chi connectivity index (χ3v) is 5.36. The van der Waals surface area contributed by atoms with Crippen LogP contribution in [0.15, 0.2) is 55.0 Å². The lowest BCUT2D eigenvalue weighted by atomic mass is 10.0. The molecular formula is C25H25ClF2N4O. The quantitative estimate of drug-likeness (QED) is 0.348. The second-order valence-electron chi connectivity index (χ2n) is 7.20. The molecule has 1 amide bonds. The Labute approximate surface area is 196 Å². The highest BCUT2D eigenvalue weighted by Gasteiger charge is 2.12. The Kier molecular flexibility index (Phi) is 8.14. The van der Waals surface area contributed by atoms with Gasteiger partial charge in [0.1, 0.15) is 11.6 Å². The average Bonchev–Trinajstić information content (AvgIpc) is 3.19. The van der Waals surface area contributed by atoms with Crippen LogP contribution < -0.4 is 11.1 Å². The number of hydrogen-bond acceptors (Lipinski definition) is 3. The van der Waals surface area contributed by atoms with Gasteiger partial charge in [-0.15, -0.1) is 0 Å². The van der Waals surface area contributed by atoms with Crippen LogP contribution in [0, 0.1) is 11.6 Å². The fraction of sp³-hybridized carbons (Fsp3) is 0.200. The number of benzene rings is 2. The van der Waals surface area contributed by atoms with Crippen LogP contribution in [-0.4, -0.2) is 15.9 Å². The van der Waals surface area contributed by atoms with Crippen molar-refractivity contribution in [1.82, 2.24) is 15.3 Å². The van der Waals surface area contributed by atoms with Crippen LogP contribution in [0.25, 0.3) is 10.9 Å². The highest BCUT2D eigenvalue weighted by molar-refractivity contribution is 6.35. The standard InChI is InChI=1S/C23H19ClF2N4O.C2H6/c24-19-12-29-22-7-21(26)16(6-18(19)22)11-30-23(31)17-4-14(9-28-10-17)3-15-2-1-13(8-27)5-20(15)25;1-2/h1-2,4-7,9-10,12,29H,3,8,11,27H2,(H,30,31);1-2H3. The van der Waals surface area contributed by atoms with Crippen LogP contribution in [0.3, 0.4) is 0 Å². The highest BCUT2D eigenvalue weighted by Crippen LogP contribution is 2.25. The lowest BCUT2D eigenvalue weighted by Gasteiger charge is -2.09. The molecule has 33 heavy (non-hydrogen) atoms. The van der Waals surface area contributed by atoms with E-state index >= 15 is 0 Å². The molecule has 4 rings (SSSR count). The van der Waals surface area contributed by atoms with Gasteiger partial charge in [0, 0.05) is 54.6 Å². The summed E-state index contributed by atoms with van der Waals surface area (Å²) < 4.78 is 28.6. The molecule has 4 aromatic rings. The van der Waals surface area contributed by atoms with Crippen LogP contribution in [0.1, 0.15) is 46.5 Å². The van der Waals surface area contributed by atoms with Gasteiger partial charge in [-0.2, -0.15) is 0 Å². The fourth-order valence-corrected chi connectivity index (χ4v) is 3.57. The van der Waals surface area contributed by atoms with Crippen LogP contribution in [0.4, 0.5) is 8.78 Å². The summed E-state index contributed by atoms with van der Waals surface area (Å²) in [7, 11) is 0. The van der Waals surface area contributed by atoms with Gasteiger partial charge in [0.2, 0.25) is 0 Å². The Morgan fingerprint density at radius 2 is 1.82 bits per heavy atom. The Hall–Kier alpha value is -3.29. The van der Waals surface area contributed by atoms with Crippen molar-refractivity contribution in [2.24, 2.45) is 5.73 Å². The summed E-state index contributed by atoms with van der Waals surface area (Å²) in [5.41, 5.74) is 8.60. The van der Waals surface area contributed by atoms with E-state index in [0.717, 1.165) is 0 Å². The molecule has 5 nitrogen and oxygen atoms in total. The molecule has 0 atom stereocenters. The summed E-state index contributed by atoms with van der Waals surface area (Å²) >= 11 is 6.09. The van der Waals surface area contributed by atoms with Gasteiger partial charge in [-0.3, -0.25) is 9.78 Å². The first kappa shape index (κ1) is 24.4. The molecule has 0 aliphatic heterocycles. The Morgan fingerprint density at radius 3 is 2.55 bits per heavy atom. The molecule has 0 saturated heterocycles. The van der Waals surface area contributed by atoms with Crippen molar-refractivity contribution in [3.63, 3.8) is 0 Å². The number of carbonyl (C=O) groups excluding carboxylic acids is 1. The fourth-order valence-electron chi connectivity index (χ4n) is 3.36. The van der Waals surface area contributed by atoms with Crippen molar-refractivity contribution in [3.8, 4) is 0 Å². The minimum Gasteiger partial charge on any atom is -0.360 e. The first-order valence-corrected chi connectivity index (χ1v) is 11.0. The van der Waals surface area contributed by atoms with E-state index in [9.17, 15) is 13.6 Å². The van der Waals surface area contributed by atoms with Crippen molar-refractivity contribution in [1.29, 1.82) is 0 Å². The number of nitrogens with two attached hydrogens (primary N) is 1. The van der Waals surface area contributed by atoms with E-state index in [1.807, 2.05) is 13.8 Å². The highest BCUT2D eigenvalue weighted by atomic mass is 35.5. The summed E-state index contributed by atoms with van der Waals surface area (Å²) in [5, 5.41) is 3.85. The summed E-state index contributed by atoms with van der Waals surface area (Å²) in [5.74, 6) is -1.21. The molecular weight excluding hydrogens is 446 g/mol. The van der Waals surface area contributed by atoms with Crippen molar-refractivity contribution < 1.29 is 13.6 Å². The van der Waals surface area contributed by atoms with E-state index in [4.69, 9.17) is 17.3 Å². The number of nitrogens with zero attached hydrogens (tertiary/aromatic N) is 1. The Bertz CT molecular complexity index is 1270. The van der Waals surface area contributed by atoms with Crippen LogP contribution in [0.2, 0.25) is 5.02 Å². The number of rotatable bonds is 6. The summed E-state index contributed by atoms with van der Waals surface area (Å²) in [6.07, 6.45) is 4.85. The largest absolute Gasteiger partial charge is 0.360 e. The number of amides is 1. The third kappa shape index (κ3) is 5.74. The maximum Gasteiger partial charge on any atom is 0.253 e. The maximum atomic E-state index is 14.3. The van der Waals surface area contributed by atoms with E-state index in [1.54, 1.807) is 36.7 Å². The first-order valence-electron chi connectivity index (χ1n) is 10.6. The summed E-state index contributed by atoms with van der Waals surface area (Å²) in [6.45, 7) is 4.25. The number of fused-ring (bicyclic) bond motifs is 1. The minimum atomic E-state index is -0.449. The molecule has 2 aromatic heterocycles. The molecule has 0 fully saturated rings. The third-order valence-electron chi connectivity index (χ3n) is 5.04. The number of aromatic amines is 1. The van der Waals surface area contributed by atoms with E-state index < -0.39 is 11.7 Å². The molecule has 0 spiro atoms. The normalized spacial score (nSPS) is 10.6. The van der Waals surface area contributed by atoms with Crippen LogP contribution in [0.5, 0.6) is 0 Å². The molecule has 0 unspecified atom stereocenters. The van der Waals surface area contributed by atoms with E-state index in [2.05, 4.69) is 15.3 Å². The number of nitrogens with one attached hydrogen (secondary N) is 2. The summed E-state index contributed by atoms with van der Waals surface area (Å²) in [4.78, 5) is 19.5. The number of pyridine rings is 1. The predicted molar refractivity (Wildman–Crippen MR) is 127 cm³/mol. The lowest BCUT2D eigenvalue weighted by molar-refractivity contribution is 0.0950. The van der Waals surface area contributed by atoms with Crippen molar-refractivity contribution in [2.75, 3.05) is 0 Å². The smallest absolute Gasteiger partial charge is 0.253 e. The van der Waals surface area contributed by atoms with Gasteiger partial charge in [0.05, 0.1) is 10.6 Å². The molecule has 4 N–H and O–H groups in total. The van der Waals surface area contributed by atoms with Gasteiger partial charge in [0.25, 0.3) is 5.91 Å². The summed E-state index contributed by atoms with van der Waals surface area (Å²) in [6, 6.07) is 9.43. The van der Waals surface area contributed by atoms with E-state index in [-0.39, 0.29) is 25.3 Å². The number of H-pyrrole nitrogens is 1. The van der Waals surface area contributed by atoms with Gasteiger partial charge in [0.15, 0.2) is 0 Å². The van der Waals surface area contributed by atoms with Gasteiger partial charge < -0.3 is 16.0 Å². The molecule has 8 heteroatoms. The predicted octanol–water partition coefficient (Wildman–Crippen LogP) is 5.50. The lowest BCUT2D eigenvalue weighted by Crippen LogP contribution is -2.23. The van der Waals surface area contributed by atoms with Gasteiger partial charge >= 0.3 is 0 Å². The molecule has 2 heterocycles. The second kappa shape index (κ2) is 11.0. The maximum absolute atomic E-state index is 14.3. The second-order valence-corrected chi connectivity index (χ2v) is 7.60. The number of hydrogen-bond donors (Lipinski definition) is 3. The van der Waals surface area contributed by atoms with Gasteiger partial charge in [-0.1, -0.05) is 37.6 Å². The molecule has 0 bridgehead atoms. The molecule has 0 aliphatic rings. The molecule has 2 aromatic carbocycles.